The molecule has 0 saturated carbocycles. The van der Waals surface area contributed by atoms with Gasteiger partial charge in [0.1, 0.15) is 11.4 Å². The van der Waals surface area contributed by atoms with E-state index in [1.807, 2.05) is 103 Å². The summed E-state index contributed by atoms with van der Waals surface area (Å²) in [5, 5.41) is 19.5. The van der Waals surface area contributed by atoms with Gasteiger partial charge in [-0.25, -0.2) is 20.1 Å². The van der Waals surface area contributed by atoms with Crippen molar-refractivity contribution in [3.63, 3.8) is 0 Å². The first kappa shape index (κ1) is 23.0. The van der Waals surface area contributed by atoms with Gasteiger partial charge in [-0.05, 0) is 39.9 Å². The normalized spacial score (nSPS) is 14.3. The summed E-state index contributed by atoms with van der Waals surface area (Å²) in [6, 6.07) is 33.9. The molecule has 0 fully saturated rings. The molecule has 0 bridgehead atoms. The number of rotatable bonds is 2. The van der Waals surface area contributed by atoms with E-state index in [-0.39, 0.29) is 5.70 Å². The molecule has 182 valence electrons. The molecular weight excluding hydrogens is 492 g/mol. The summed E-state index contributed by atoms with van der Waals surface area (Å²) in [6.45, 7) is 7.73. The Morgan fingerprint density at radius 2 is 1.18 bits per heavy atom. The van der Waals surface area contributed by atoms with E-state index >= 15 is 0 Å². The Kier molecular flexibility index (Phi) is 5.17. The van der Waals surface area contributed by atoms with Crippen molar-refractivity contribution in [3.8, 4) is 57.0 Å². The lowest BCUT2D eigenvalue weighted by atomic mass is 9.97. The SMILES string of the molecule is [C-]#[N+]/C(C#N)=C1\c2cc(-c3ccccc3)ccc2-c2nc3c(nc21)-c1ccc(-c2ccccc2)cc1C3=NC#N. The monoisotopic (exact) mass is 508 g/mol. The smallest absolute Gasteiger partial charge is 0.244 e. The van der Waals surface area contributed by atoms with Crippen LogP contribution in [0.15, 0.2) is 108 Å². The Morgan fingerprint density at radius 1 is 0.625 bits per heavy atom. The molecule has 0 N–H and O–H groups in total. The van der Waals surface area contributed by atoms with Crippen molar-refractivity contribution in [2.75, 3.05) is 0 Å². The first-order chi connectivity index (χ1) is 19.7. The van der Waals surface area contributed by atoms with Crippen LogP contribution in [-0.4, -0.2) is 15.7 Å². The lowest BCUT2D eigenvalue weighted by Gasteiger charge is -2.07. The summed E-state index contributed by atoms with van der Waals surface area (Å²) in [5.41, 5.74) is 10.2. The van der Waals surface area contributed by atoms with Crippen LogP contribution in [0.3, 0.4) is 0 Å². The predicted molar refractivity (Wildman–Crippen MR) is 153 cm³/mol. The summed E-state index contributed by atoms with van der Waals surface area (Å²) in [6.07, 6.45) is 1.94. The molecule has 0 unspecified atom stereocenters. The zero-order valence-corrected chi connectivity index (χ0v) is 20.9. The molecule has 0 spiro atoms. The van der Waals surface area contributed by atoms with Gasteiger partial charge in [-0.15, -0.1) is 0 Å². The van der Waals surface area contributed by atoms with Crippen molar-refractivity contribution < 1.29 is 0 Å². The molecule has 2 aliphatic rings. The summed E-state index contributed by atoms with van der Waals surface area (Å²) in [7, 11) is 0. The number of aliphatic imine (C=N–C) groups is 1. The van der Waals surface area contributed by atoms with Crippen LogP contribution in [0.4, 0.5) is 0 Å². The zero-order chi connectivity index (χ0) is 27.2. The van der Waals surface area contributed by atoms with Crippen LogP contribution in [0.2, 0.25) is 0 Å². The number of hydrogen-bond donors (Lipinski definition) is 0. The third-order valence-corrected chi connectivity index (χ3v) is 7.26. The topological polar surface area (TPSA) is 90.1 Å². The molecule has 1 aromatic heterocycles. The van der Waals surface area contributed by atoms with Gasteiger partial charge in [0.2, 0.25) is 6.19 Å². The molecule has 0 amide bonds. The lowest BCUT2D eigenvalue weighted by molar-refractivity contribution is 1.19. The van der Waals surface area contributed by atoms with Crippen molar-refractivity contribution in [3.05, 3.63) is 137 Å². The fourth-order valence-electron chi connectivity index (χ4n) is 5.47. The van der Waals surface area contributed by atoms with E-state index in [0.29, 0.717) is 34.1 Å². The van der Waals surface area contributed by atoms with E-state index in [0.717, 1.165) is 44.5 Å². The maximum absolute atomic E-state index is 9.90. The summed E-state index contributed by atoms with van der Waals surface area (Å²) >= 11 is 0. The van der Waals surface area contributed by atoms with E-state index in [1.165, 1.54) is 0 Å². The minimum atomic E-state index is -0.0389. The first-order valence-corrected chi connectivity index (χ1v) is 12.5. The molecule has 1 heterocycles. The third-order valence-electron chi connectivity index (χ3n) is 7.26. The Bertz CT molecular complexity index is 2050. The van der Waals surface area contributed by atoms with Gasteiger partial charge in [0.05, 0.1) is 29.7 Å². The standard InChI is InChI=1S/C34H16N6/c1-37-28(18-35)29-26-16-22(20-8-4-2-5-9-20)12-14-24(26)31-33(29)39-32-25-15-13-23(21-10-6-3-7-11-21)17-27(25)30(38-19-36)34(32)40-31/h2-17H/b29-28+,38-30?. The third kappa shape index (κ3) is 3.37. The van der Waals surface area contributed by atoms with E-state index in [1.54, 1.807) is 0 Å². The van der Waals surface area contributed by atoms with E-state index in [4.69, 9.17) is 16.5 Å². The zero-order valence-electron chi connectivity index (χ0n) is 20.9. The van der Waals surface area contributed by atoms with Crippen LogP contribution in [0, 0.1) is 29.4 Å². The maximum atomic E-state index is 9.90. The van der Waals surface area contributed by atoms with Crippen molar-refractivity contribution in [2.45, 2.75) is 0 Å². The summed E-state index contributed by atoms with van der Waals surface area (Å²) in [4.78, 5) is 17.7. The van der Waals surface area contributed by atoms with E-state index < -0.39 is 0 Å². The minimum Gasteiger partial charge on any atom is -0.244 e. The average molecular weight is 509 g/mol. The Balaban J connectivity index is 1.46. The highest BCUT2D eigenvalue weighted by Crippen LogP contribution is 2.48. The van der Waals surface area contributed by atoms with Gasteiger partial charge >= 0.3 is 0 Å². The minimum absolute atomic E-state index is 0.0389. The highest BCUT2D eigenvalue weighted by atomic mass is 14.9. The van der Waals surface area contributed by atoms with Crippen LogP contribution >= 0.6 is 0 Å². The predicted octanol–water partition coefficient (Wildman–Crippen LogP) is 7.29. The number of benzene rings is 4. The van der Waals surface area contributed by atoms with Crippen molar-refractivity contribution in [1.29, 1.82) is 10.5 Å². The fourth-order valence-corrected chi connectivity index (χ4v) is 5.47. The molecule has 4 aromatic carbocycles. The van der Waals surface area contributed by atoms with E-state index in [9.17, 15) is 10.5 Å². The van der Waals surface area contributed by atoms with Crippen LogP contribution in [0.5, 0.6) is 0 Å². The van der Waals surface area contributed by atoms with Gasteiger partial charge in [0, 0.05) is 22.3 Å². The van der Waals surface area contributed by atoms with Crippen molar-refractivity contribution in [2.24, 2.45) is 4.99 Å². The van der Waals surface area contributed by atoms with Gasteiger partial charge < -0.3 is 0 Å². The fraction of sp³-hybridized carbons (Fsp3) is 0. The molecule has 0 saturated heterocycles. The molecule has 5 aromatic rings. The van der Waals surface area contributed by atoms with Gasteiger partial charge in [0.25, 0.3) is 5.70 Å². The van der Waals surface area contributed by atoms with Crippen LogP contribution in [0.25, 0.3) is 55.2 Å². The maximum Gasteiger partial charge on any atom is 0.271 e. The molecule has 6 nitrogen and oxygen atoms in total. The average Bonchev–Trinajstić information content (AvgIpc) is 3.49. The molecular formula is C34H16N6. The second-order valence-electron chi connectivity index (χ2n) is 9.38. The molecule has 0 aliphatic heterocycles. The second-order valence-corrected chi connectivity index (χ2v) is 9.38. The second kappa shape index (κ2) is 8.99. The van der Waals surface area contributed by atoms with Gasteiger partial charge in [-0.1, -0.05) is 84.9 Å². The van der Waals surface area contributed by atoms with E-state index in [2.05, 4.69) is 15.9 Å². The number of fused-ring (bicyclic) bond motifs is 6. The largest absolute Gasteiger partial charge is 0.271 e. The van der Waals surface area contributed by atoms with Gasteiger partial charge in [0.15, 0.2) is 0 Å². The Hall–Kier alpha value is -6.16. The van der Waals surface area contributed by atoms with Crippen molar-refractivity contribution >= 4 is 11.3 Å². The van der Waals surface area contributed by atoms with Crippen molar-refractivity contribution in [1.82, 2.24) is 9.97 Å². The highest BCUT2D eigenvalue weighted by Gasteiger charge is 2.36. The van der Waals surface area contributed by atoms with Gasteiger partial charge in [-0.3, -0.25) is 0 Å². The number of allylic oxidation sites excluding steroid dienone is 1. The number of nitriles is 2. The number of nitrogens with zero attached hydrogens (tertiary/aromatic N) is 6. The van der Waals surface area contributed by atoms with Crippen LogP contribution in [0.1, 0.15) is 22.5 Å². The van der Waals surface area contributed by atoms with Crippen LogP contribution < -0.4 is 0 Å². The number of hydrogen-bond acceptors (Lipinski definition) is 5. The molecule has 2 aliphatic carbocycles. The number of aromatic nitrogens is 2. The lowest BCUT2D eigenvalue weighted by Crippen LogP contribution is -2.04. The molecule has 7 rings (SSSR count). The molecule has 40 heavy (non-hydrogen) atoms. The Labute approximate surface area is 230 Å². The molecule has 6 heteroatoms. The highest BCUT2D eigenvalue weighted by molar-refractivity contribution is 6.24. The van der Waals surface area contributed by atoms with Gasteiger partial charge in [-0.2, -0.15) is 10.3 Å². The molecule has 0 atom stereocenters. The first-order valence-electron chi connectivity index (χ1n) is 12.5. The summed E-state index contributed by atoms with van der Waals surface area (Å²) in [5.74, 6) is 0. The Morgan fingerprint density at radius 3 is 1.75 bits per heavy atom. The quantitative estimate of drug-likeness (QED) is 0.139. The summed E-state index contributed by atoms with van der Waals surface area (Å²) < 4.78 is 0. The molecule has 0 radical (unpaired) electrons. The van der Waals surface area contributed by atoms with Crippen LogP contribution in [-0.2, 0) is 0 Å².